The molecule has 0 atom stereocenters. The molecule has 3 heterocycles. The van der Waals surface area contributed by atoms with Crippen molar-refractivity contribution < 1.29 is 4.79 Å². The summed E-state index contributed by atoms with van der Waals surface area (Å²) in [7, 11) is 0. The molecule has 4 heteroatoms. The Balaban J connectivity index is 2.12. The van der Waals surface area contributed by atoms with Gasteiger partial charge in [-0.05, 0) is 29.7 Å². The normalized spacial score (nSPS) is 16.2. The summed E-state index contributed by atoms with van der Waals surface area (Å²) in [6, 6.07) is 7.61. The molecule has 1 amide bonds. The third-order valence-electron chi connectivity index (χ3n) is 2.39. The molecule has 78 valence electrons. The average molecular weight is 228 g/mol. The van der Waals surface area contributed by atoms with Gasteiger partial charge in [0.25, 0.3) is 5.91 Å². The summed E-state index contributed by atoms with van der Waals surface area (Å²) in [6.45, 7) is 0. The first-order chi connectivity index (χ1) is 7.84. The Bertz CT molecular complexity index is 572. The van der Waals surface area contributed by atoms with Crippen molar-refractivity contribution in [3.05, 3.63) is 46.4 Å². The minimum atomic E-state index is -0.0814. The zero-order chi connectivity index (χ0) is 11.0. The monoisotopic (exact) mass is 228 g/mol. The number of nitrogens with one attached hydrogen (secondary N) is 1. The maximum atomic E-state index is 11.7. The molecule has 0 radical (unpaired) electrons. The van der Waals surface area contributed by atoms with E-state index in [1.807, 2.05) is 35.7 Å². The van der Waals surface area contributed by atoms with Crippen molar-refractivity contribution in [2.24, 2.45) is 0 Å². The number of rotatable bonds is 1. The van der Waals surface area contributed by atoms with Crippen LogP contribution in [0.15, 0.2) is 35.8 Å². The van der Waals surface area contributed by atoms with Gasteiger partial charge in [0.2, 0.25) is 0 Å². The number of carbonyl (C=O) groups is 1. The van der Waals surface area contributed by atoms with Gasteiger partial charge in [0.15, 0.2) is 0 Å². The highest BCUT2D eigenvalue weighted by atomic mass is 32.1. The Morgan fingerprint density at radius 1 is 1.31 bits per heavy atom. The van der Waals surface area contributed by atoms with Crippen LogP contribution in [0.25, 0.3) is 11.6 Å². The molecule has 0 saturated carbocycles. The summed E-state index contributed by atoms with van der Waals surface area (Å²) in [6.07, 6.45) is 3.57. The van der Waals surface area contributed by atoms with Gasteiger partial charge in [-0.1, -0.05) is 6.07 Å². The maximum Gasteiger partial charge on any atom is 0.258 e. The van der Waals surface area contributed by atoms with Crippen LogP contribution in [0.1, 0.15) is 10.6 Å². The fourth-order valence-corrected chi connectivity index (χ4v) is 2.32. The number of hydrogen-bond donors (Lipinski definition) is 1. The molecule has 2 aromatic heterocycles. The zero-order valence-electron chi connectivity index (χ0n) is 8.31. The van der Waals surface area contributed by atoms with Gasteiger partial charge in [0.1, 0.15) is 0 Å². The second-order valence-electron chi connectivity index (χ2n) is 3.43. The SMILES string of the molecule is O=C1Nc2cccnc2/C1=C\c1cccs1. The van der Waals surface area contributed by atoms with Crippen LogP contribution in [0.2, 0.25) is 0 Å². The highest BCUT2D eigenvalue weighted by molar-refractivity contribution is 7.11. The van der Waals surface area contributed by atoms with Crippen molar-refractivity contribution in [3.63, 3.8) is 0 Å². The number of hydrogen-bond acceptors (Lipinski definition) is 3. The fourth-order valence-electron chi connectivity index (χ4n) is 1.67. The summed E-state index contributed by atoms with van der Waals surface area (Å²) in [5.74, 6) is -0.0814. The van der Waals surface area contributed by atoms with Gasteiger partial charge in [-0.2, -0.15) is 0 Å². The van der Waals surface area contributed by atoms with Gasteiger partial charge >= 0.3 is 0 Å². The van der Waals surface area contributed by atoms with Crippen LogP contribution < -0.4 is 5.32 Å². The molecule has 0 fully saturated rings. The highest BCUT2D eigenvalue weighted by Gasteiger charge is 2.24. The van der Waals surface area contributed by atoms with Crippen molar-refractivity contribution in [1.29, 1.82) is 0 Å². The average Bonchev–Trinajstić information content (AvgIpc) is 2.89. The summed E-state index contributed by atoms with van der Waals surface area (Å²) >= 11 is 1.60. The Kier molecular flexibility index (Phi) is 2.08. The van der Waals surface area contributed by atoms with E-state index in [0.29, 0.717) is 5.57 Å². The van der Waals surface area contributed by atoms with E-state index in [-0.39, 0.29) is 5.91 Å². The molecule has 0 unspecified atom stereocenters. The van der Waals surface area contributed by atoms with Crippen LogP contribution >= 0.6 is 11.3 Å². The summed E-state index contributed by atoms with van der Waals surface area (Å²) in [4.78, 5) is 17.0. The number of aromatic nitrogens is 1. The van der Waals surface area contributed by atoms with Gasteiger partial charge in [-0.25, -0.2) is 0 Å². The maximum absolute atomic E-state index is 11.7. The van der Waals surface area contributed by atoms with E-state index >= 15 is 0 Å². The molecule has 0 bridgehead atoms. The standard InChI is InChI=1S/C12H8N2OS/c15-12-9(7-8-3-2-6-16-8)11-10(14-12)4-1-5-13-11/h1-7H,(H,14,15)/b9-7+. The molecule has 0 aromatic carbocycles. The van der Waals surface area contributed by atoms with Crippen molar-refractivity contribution >= 4 is 34.6 Å². The number of amides is 1. The van der Waals surface area contributed by atoms with Crippen LogP contribution in [-0.4, -0.2) is 10.9 Å². The third kappa shape index (κ3) is 1.44. The van der Waals surface area contributed by atoms with Gasteiger partial charge < -0.3 is 5.32 Å². The van der Waals surface area contributed by atoms with E-state index in [4.69, 9.17) is 0 Å². The van der Waals surface area contributed by atoms with Crippen molar-refractivity contribution in [2.45, 2.75) is 0 Å². The minimum Gasteiger partial charge on any atom is -0.320 e. The van der Waals surface area contributed by atoms with Gasteiger partial charge in [-0.15, -0.1) is 11.3 Å². The summed E-state index contributed by atoms with van der Waals surface area (Å²) in [5, 5.41) is 4.78. The van der Waals surface area contributed by atoms with E-state index in [9.17, 15) is 4.79 Å². The fraction of sp³-hybridized carbons (Fsp3) is 0. The molecule has 0 spiro atoms. The topological polar surface area (TPSA) is 42.0 Å². The van der Waals surface area contributed by atoms with Crippen molar-refractivity contribution in [2.75, 3.05) is 5.32 Å². The largest absolute Gasteiger partial charge is 0.320 e. The van der Waals surface area contributed by atoms with E-state index < -0.39 is 0 Å². The molecule has 3 nitrogen and oxygen atoms in total. The molecule has 1 aliphatic heterocycles. The Morgan fingerprint density at radius 2 is 2.25 bits per heavy atom. The second kappa shape index (κ2) is 3.57. The molecule has 1 N–H and O–H groups in total. The van der Waals surface area contributed by atoms with Crippen LogP contribution in [0.5, 0.6) is 0 Å². The lowest BCUT2D eigenvalue weighted by atomic mass is 10.1. The van der Waals surface area contributed by atoms with Crippen molar-refractivity contribution in [3.8, 4) is 0 Å². The zero-order valence-corrected chi connectivity index (χ0v) is 9.12. The van der Waals surface area contributed by atoms with Gasteiger partial charge in [0.05, 0.1) is 17.0 Å². The number of thiophene rings is 1. The number of nitrogens with zero attached hydrogens (tertiary/aromatic N) is 1. The lowest BCUT2D eigenvalue weighted by Gasteiger charge is -1.94. The molecule has 1 aliphatic rings. The van der Waals surface area contributed by atoms with Gasteiger partial charge in [0, 0.05) is 11.1 Å². The van der Waals surface area contributed by atoms with E-state index in [2.05, 4.69) is 10.3 Å². The quantitative estimate of drug-likeness (QED) is 0.762. The minimum absolute atomic E-state index is 0.0814. The van der Waals surface area contributed by atoms with Crippen LogP contribution in [0, 0.1) is 0 Å². The third-order valence-corrected chi connectivity index (χ3v) is 3.20. The molecule has 0 saturated heterocycles. The highest BCUT2D eigenvalue weighted by Crippen LogP contribution is 2.31. The Labute approximate surface area is 96.5 Å². The number of anilines is 1. The first kappa shape index (κ1) is 9.30. The number of carbonyl (C=O) groups excluding carboxylic acids is 1. The summed E-state index contributed by atoms with van der Waals surface area (Å²) in [5.41, 5.74) is 2.16. The number of fused-ring (bicyclic) bond motifs is 1. The number of pyridine rings is 1. The smallest absolute Gasteiger partial charge is 0.258 e. The van der Waals surface area contributed by atoms with Crippen LogP contribution in [0.4, 0.5) is 5.69 Å². The first-order valence-corrected chi connectivity index (χ1v) is 5.74. The van der Waals surface area contributed by atoms with Crippen molar-refractivity contribution in [1.82, 2.24) is 4.98 Å². The predicted octanol–water partition coefficient (Wildman–Crippen LogP) is 2.64. The van der Waals surface area contributed by atoms with Gasteiger partial charge in [-0.3, -0.25) is 9.78 Å². The van der Waals surface area contributed by atoms with E-state index in [1.165, 1.54) is 0 Å². The Hall–Kier alpha value is -1.94. The first-order valence-electron chi connectivity index (χ1n) is 4.86. The molecule has 16 heavy (non-hydrogen) atoms. The van der Waals surface area contributed by atoms with Crippen LogP contribution in [0.3, 0.4) is 0 Å². The lowest BCUT2D eigenvalue weighted by molar-refractivity contribution is -0.110. The molecule has 0 aliphatic carbocycles. The second-order valence-corrected chi connectivity index (χ2v) is 4.41. The predicted molar refractivity (Wildman–Crippen MR) is 65.1 cm³/mol. The van der Waals surface area contributed by atoms with E-state index in [0.717, 1.165) is 16.3 Å². The summed E-state index contributed by atoms with van der Waals surface area (Å²) < 4.78 is 0. The van der Waals surface area contributed by atoms with E-state index in [1.54, 1.807) is 17.5 Å². The molecule has 3 rings (SSSR count). The van der Waals surface area contributed by atoms with Crippen LogP contribution in [-0.2, 0) is 4.79 Å². The Morgan fingerprint density at radius 3 is 3.06 bits per heavy atom. The molecular weight excluding hydrogens is 220 g/mol. The molecular formula is C12H8N2OS. The molecule has 2 aromatic rings. The lowest BCUT2D eigenvalue weighted by Crippen LogP contribution is -2.03.